The summed E-state index contributed by atoms with van der Waals surface area (Å²) in [5, 5.41) is 3.27. The lowest BCUT2D eigenvalue weighted by molar-refractivity contribution is 0.0601. The van der Waals surface area contributed by atoms with Crippen molar-refractivity contribution in [1.82, 2.24) is 10.3 Å². The van der Waals surface area contributed by atoms with Crippen LogP contribution >= 0.6 is 0 Å². The Balaban J connectivity index is 2.28. The minimum absolute atomic E-state index is 0.332. The summed E-state index contributed by atoms with van der Waals surface area (Å²) in [5.74, 6) is -0.332. The Morgan fingerprint density at radius 3 is 2.94 bits per heavy atom. The Labute approximate surface area is 94.4 Å². The number of piperazine rings is 1. The smallest absolute Gasteiger partial charge is 0.341 e. The van der Waals surface area contributed by atoms with Crippen LogP contribution in [0.4, 0.5) is 5.69 Å². The van der Waals surface area contributed by atoms with Crippen molar-refractivity contribution in [3.63, 3.8) is 0 Å². The van der Waals surface area contributed by atoms with Crippen molar-refractivity contribution in [2.24, 2.45) is 0 Å². The topological polar surface area (TPSA) is 54.5 Å². The van der Waals surface area contributed by atoms with Crippen LogP contribution in [-0.2, 0) is 4.74 Å². The van der Waals surface area contributed by atoms with Crippen molar-refractivity contribution < 1.29 is 9.53 Å². The summed E-state index contributed by atoms with van der Waals surface area (Å²) in [5.41, 5.74) is 1.44. The van der Waals surface area contributed by atoms with Crippen molar-refractivity contribution in [2.75, 3.05) is 38.2 Å². The fraction of sp³-hybridized carbons (Fsp3) is 0.455. The maximum Gasteiger partial charge on any atom is 0.341 e. The number of carbonyl (C=O) groups excluding carboxylic acids is 1. The largest absolute Gasteiger partial charge is 0.465 e. The van der Waals surface area contributed by atoms with Gasteiger partial charge in [-0.2, -0.15) is 0 Å². The molecule has 86 valence electrons. The maximum atomic E-state index is 11.6. The molecular formula is C11H15N3O2. The van der Waals surface area contributed by atoms with Crippen molar-refractivity contribution in [2.45, 2.75) is 0 Å². The number of pyridine rings is 1. The van der Waals surface area contributed by atoms with Crippen molar-refractivity contribution in [3.05, 3.63) is 24.0 Å². The van der Waals surface area contributed by atoms with Crippen LogP contribution in [0.3, 0.4) is 0 Å². The van der Waals surface area contributed by atoms with Crippen LogP contribution in [0.5, 0.6) is 0 Å². The molecule has 0 aliphatic carbocycles. The van der Waals surface area contributed by atoms with E-state index < -0.39 is 0 Å². The number of aromatic nitrogens is 1. The molecule has 0 amide bonds. The second-order valence-electron chi connectivity index (χ2n) is 3.62. The highest BCUT2D eigenvalue weighted by atomic mass is 16.5. The normalized spacial score (nSPS) is 15.9. The number of rotatable bonds is 2. The van der Waals surface area contributed by atoms with Gasteiger partial charge in [-0.15, -0.1) is 0 Å². The van der Waals surface area contributed by atoms with Crippen LogP contribution in [0.2, 0.25) is 0 Å². The molecule has 0 bridgehead atoms. The molecule has 1 aromatic rings. The highest BCUT2D eigenvalue weighted by Crippen LogP contribution is 2.20. The van der Waals surface area contributed by atoms with Gasteiger partial charge >= 0.3 is 5.97 Å². The van der Waals surface area contributed by atoms with Crippen LogP contribution in [0, 0.1) is 0 Å². The number of nitrogens with zero attached hydrogens (tertiary/aromatic N) is 2. The van der Waals surface area contributed by atoms with Crippen LogP contribution < -0.4 is 10.2 Å². The van der Waals surface area contributed by atoms with Crippen molar-refractivity contribution >= 4 is 11.7 Å². The van der Waals surface area contributed by atoms with E-state index in [0.717, 1.165) is 31.9 Å². The second-order valence-corrected chi connectivity index (χ2v) is 3.62. The van der Waals surface area contributed by atoms with Gasteiger partial charge < -0.3 is 15.0 Å². The standard InChI is InChI=1S/C11H15N3O2/c1-16-11(15)9-8-13-3-2-10(9)14-6-4-12-5-7-14/h2-3,8,12H,4-7H2,1H3. The van der Waals surface area contributed by atoms with Gasteiger partial charge in [0.05, 0.1) is 12.8 Å². The molecule has 1 aliphatic rings. The second kappa shape index (κ2) is 4.94. The zero-order valence-corrected chi connectivity index (χ0v) is 9.27. The number of anilines is 1. The summed E-state index contributed by atoms with van der Waals surface area (Å²) in [4.78, 5) is 17.7. The fourth-order valence-corrected chi connectivity index (χ4v) is 1.84. The molecule has 1 saturated heterocycles. The monoisotopic (exact) mass is 221 g/mol. The molecular weight excluding hydrogens is 206 g/mol. The van der Waals surface area contributed by atoms with E-state index in [0.29, 0.717) is 5.56 Å². The molecule has 2 rings (SSSR count). The van der Waals surface area contributed by atoms with Gasteiger partial charge in [-0.3, -0.25) is 4.98 Å². The van der Waals surface area contributed by atoms with Gasteiger partial charge in [-0.25, -0.2) is 4.79 Å². The van der Waals surface area contributed by atoms with Gasteiger partial charge in [0.2, 0.25) is 0 Å². The third-order valence-electron chi connectivity index (χ3n) is 2.66. The molecule has 0 saturated carbocycles. The van der Waals surface area contributed by atoms with Crippen LogP contribution in [0.25, 0.3) is 0 Å². The van der Waals surface area contributed by atoms with Gasteiger partial charge in [-0.05, 0) is 6.07 Å². The number of carbonyl (C=O) groups is 1. The quantitative estimate of drug-likeness (QED) is 0.727. The number of hydrogen-bond acceptors (Lipinski definition) is 5. The lowest BCUT2D eigenvalue weighted by atomic mass is 10.2. The number of methoxy groups -OCH3 is 1. The Kier molecular flexibility index (Phi) is 3.36. The summed E-state index contributed by atoms with van der Waals surface area (Å²) in [6.45, 7) is 3.66. The average molecular weight is 221 g/mol. The first-order valence-corrected chi connectivity index (χ1v) is 5.31. The highest BCUT2D eigenvalue weighted by molar-refractivity contribution is 5.95. The summed E-state index contributed by atoms with van der Waals surface area (Å²) >= 11 is 0. The third-order valence-corrected chi connectivity index (χ3v) is 2.66. The number of hydrogen-bond donors (Lipinski definition) is 1. The lowest BCUT2D eigenvalue weighted by Crippen LogP contribution is -2.44. The molecule has 0 radical (unpaired) electrons. The zero-order valence-electron chi connectivity index (χ0n) is 9.27. The Morgan fingerprint density at radius 2 is 2.25 bits per heavy atom. The molecule has 1 aromatic heterocycles. The first kappa shape index (κ1) is 10.9. The molecule has 16 heavy (non-hydrogen) atoms. The van der Waals surface area contributed by atoms with Gasteiger partial charge in [0.25, 0.3) is 0 Å². The molecule has 1 fully saturated rings. The summed E-state index contributed by atoms with van der Waals surface area (Å²) in [7, 11) is 1.39. The Hall–Kier alpha value is -1.62. The molecule has 0 atom stereocenters. The van der Waals surface area contributed by atoms with E-state index in [4.69, 9.17) is 4.74 Å². The molecule has 5 heteroatoms. The van der Waals surface area contributed by atoms with E-state index in [1.807, 2.05) is 6.07 Å². The summed E-state index contributed by atoms with van der Waals surface area (Å²) < 4.78 is 4.75. The Morgan fingerprint density at radius 1 is 1.50 bits per heavy atom. The summed E-state index contributed by atoms with van der Waals surface area (Å²) in [6.07, 6.45) is 3.26. The lowest BCUT2D eigenvalue weighted by Gasteiger charge is -2.30. The SMILES string of the molecule is COC(=O)c1cnccc1N1CCNCC1. The maximum absolute atomic E-state index is 11.6. The predicted molar refractivity (Wildman–Crippen MR) is 60.7 cm³/mol. The highest BCUT2D eigenvalue weighted by Gasteiger charge is 2.18. The first-order chi connectivity index (χ1) is 7.83. The van der Waals surface area contributed by atoms with Crippen molar-refractivity contribution in [1.29, 1.82) is 0 Å². The minimum atomic E-state index is -0.332. The third kappa shape index (κ3) is 2.14. The average Bonchev–Trinajstić information content (AvgIpc) is 2.39. The first-order valence-electron chi connectivity index (χ1n) is 5.31. The van der Waals surface area contributed by atoms with Gasteiger partial charge in [-0.1, -0.05) is 0 Å². The van der Waals surface area contributed by atoms with E-state index in [-0.39, 0.29) is 5.97 Å². The van der Waals surface area contributed by atoms with Gasteiger partial charge in [0, 0.05) is 38.6 Å². The van der Waals surface area contributed by atoms with E-state index >= 15 is 0 Å². The van der Waals surface area contributed by atoms with E-state index in [1.54, 1.807) is 12.4 Å². The number of esters is 1. The molecule has 0 unspecified atom stereocenters. The number of ether oxygens (including phenoxy) is 1. The van der Waals surface area contributed by atoms with Gasteiger partial charge in [0.1, 0.15) is 5.56 Å². The minimum Gasteiger partial charge on any atom is -0.465 e. The molecule has 0 aromatic carbocycles. The zero-order chi connectivity index (χ0) is 11.4. The molecule has 5 nitrogen and oxygen atoms in total. The summed E-state index contributed by atoms with van der Waals surface area (Å²) in [6, 6.07) is 1.86. The van der Waals surface area contributed by atoms with Crippen LogP contribution in [0.1, 0.15) is 10.4 Å². The van der Waals surface area contributed by atoms with Crippen LogP contribution in [-0.4, -0.2) is 44.2 Å². The van der Waals surface area contributed by atoms with Crippen LogP contribution in [0.15, 0.2) is 18.5 Å². The number of nitrogens with one attached hydrogen (secondary N) is 1. The molecule has 2 heterocycles. The fourth-order valence-electron chi connectivity index (χ4n) is 1.84. The van der Waals surface area contributed by atoms with Crippen molar-refractivity contribution in [3.8, 4) is 0 Å². The Bertz CT molecular complexity index is 375. The van der Waals surface area contributed by atoms with E-state index in [1.165, 1.54) is 7.11 Å². The molecule has 0 spiro atoms. The molecule has 1 N–H and O–H groups in total. The van der Waals surface area contributed by atoms with E-state index in [2.05, 4.69) is 15.2 Å². The molecule has 1 aliphatic heterocycles. The van der Waals surface area contributed by atoms with E-state index in [9.17, 15) is 4.79 Å². The van der Waals surface area contributed by atoms with Gasteiger partial charge in [0.15, 0.2) is 0 Å². The predicted octanol–water partition coefficient (Wildman–Crippen LogP) is 0.278.